The first-order chi connectivity index (χ1) is 14.7. The van der Waals surface area contributed by atoms with Crippen LogP contribution in [0.1, 0.15) is 59.8 Å². The van der Waals surface area contributed by atoms with Crippen LogP contribution in [0.4, 0.5) is 0 Å². The van der Waals surface area contributed by atoms with E-state index in [4.69, 9.17) is 14.2 Å². The number of carbonyl (C=O) groups is 2. The van der Waals surface area contributed by atoms with Crippen molar-refractivity contribution in [2.75, 3.05) is 7.11 Å². The first-order valence-corrected chi connectivity index (χ1v) is 10.5. The number of methoxy groups -OCH3 is 1. The van der Waals surface area contributed by atoms with Gasteiger partial charge in [0.25, 0.3) is 5.79 Å². The Morgan fingerprint density at radius 3 is 2.68 bits per heavy atom. The predicted octanol–water partition coefficient (Wildman–Crippen LogP) is 4.96. The minimum atomic E-state index is -1.30. The van der Waals surface area contributed by atoms with Gasteiger partial charge in [0.2, 0.25) is 0 Å². The quantitative estimate of drug-likeness (QED) is 0.512. The molecule has 0 spiro atoms. The molecule has 2 aromatic rings. The molecule has 0 N–H and O–H groups in total. The highest BCUT2D eigenvalue weighted by atomic mass is 16.7. The van der Waals surface area contributed by atoms with Crippen molar-refractivity contribution in [3.05, 3.63) is 76.4 Å². The zero-order valence-electron chi connectivity index (χ0n) is 18.1. The third kappa shape index (κ3) is 2.87. The molecular weight excluding hydrogens is 392 g/mol. The van der Waals surface area contributed by atoms with E-state index in [1.165, 1.54) is 11.6 Å². The summed E-state index contributed by atoms with van der Waals surface area (Å²) in [4.78, 5) is 25.7. The molecule has 0 saturated heterocycles. The van der Waals surface area contributed by atoms with Gasteiger partial charge in [0.05, 0.1) is 16.5 Å². The normalized spacial score (nSPS) is 20.8. The number of hydrogen-bond acceptors (Lipinski definition) is 5. The highest BCUT2D eigenvalue weighted by molar-refractivity contribution is 6.11. The molecule has 5 nitrogen and oxygen atoms in total. The zero-order chi connectivity index (χ0) is 22.0. The Morgan fingerprint density at radius 1 is 1.13 bits per heavy atom. The summed E-state index contributed by atoms with van der Waals surface area (Å²) in [5, 5.41) is 0. The fourth-order valence-corrected chi connectivity index (χ4v) is 4.46. The van der Waals surface area contributed by atoms with Gasteiger partial charge >= 0.3 is 5.97 Å². The maximum atomic E-state index is 13.1. The molecule has 31 heavy (non-hydrogen) atoms. The van der Waals surface area contributed by atoms with E-state index >= 15 is 0 Å². The summed E-state index contributed by atoms with van der Waals surface area (Å²) >= 11 is 0. The van der Waals surface area contributed by atoms with Crippen LogP contribution in [0, 0.1) is 5.41 Å². The maximum absolute atomic E-state index is 13.1. The summed E-state index contributed by atoms with van der Waals surface area (Å²) in [7, 11) is 1.55. The molecule has 0 aromatic heterocycles. The minimum Gasteiger partial charge on any atom is -0.454 e. The second-order valence-electron chi connectivity index (χ2n) is 9.12. The first-order valence-electron chi connectivity index (χ1n) is 10.5. The van der Waals surface area contributed by atoms with E-state index < -0.39 is 17.2 Å². The molecule has 0 saturated carbocycles. The number of ether oxygens (including phenoxy) is 3. The number of hydrogen-bond donors (Lipinski definition) is 0. The van der Waals surface area contributed by atoms with Gasteiger partial charge < -0.3 is 14.2 Å². The maximum Gasteiger partial charge on any atom is 0.316 e. The van der Waals surface area contributed by atoms with Crippen LogP contribution in [0.3, 0.4) is 0 Å². The van der Waals surface area contributed by atoms with Crippen molar-refractivity contribution in [3.8, 4) is 11.5 Å². The second kappa shape index (κ2) is 6.66. The molecule has 0 bridgehead atoms. The molecule has 158 valence electrons. The Balaban J connectivity index is 1.81. The van der Waals surface area contributed by atoms with Gasteiger partial charge in [-0.2, -0.15) is 0 Å². The molecule has 5 heteroatoms. The lowest BCUT2D eigenvalue weighted by atomic mass is 9.80. The third-order valence-electron chi connectivity index (χ3n) is 6.03. The van der Waals surface area contributed by atoms with Gasteiger partial charge in [-0.15, -0.1) is 0 Å². The van der Waals surface area contributed by atoms with Crippen LogP contribution in [0.2, 0.25) is 0 Å². The molecule has 0 fully saturated rings. The Morgan fingerprint density at radius 2 is 1.94 bits per heavy atom. The molecule has 1 atom stereocenters. The smallest absolute Gasteiger partial charge is 0.316 e. The molecular formula is C26H24O5. The van der Waals surface area contributed by atoms with Crippen LogP contribution in [0.5, 0.6) is 11.5 Å². The van der Waals surface area contributed by atoms with Gasteiger partial charge in [-0.25, -0.2) is 0 Å². The number of ketones is 1. The minimum absolute atomic E-state index is 0.223. The Labute approximate surface area is 181 Å². The number of allylic oxidation sites excluding steroid dienone is 2. The van der Waals surface area contributed by atoms with E-state index in [-0.39, 0.29) is 11.5 Å². The average Bonchev–Trinajstić information content (AvgIpc) is 2.86. The highest BCUT2D eigenvalue weighted by Gasteiger charge is 2.46. The molecule has 2 aromatic carbocycles. The van der Waals surface area contributed by atoms with E-state index in [0.717, 1.165) is 29.5 Å². The predicted molar refractivity (Wildman–Crippen MR) is 116 cm³/mol. The second-order valence-corrected chi connectivity index (χ2v) is 9.12. The lowest BCUT2D eigenvalue weighted by Gasteiger charge is -2.34. The van der Waals surface area contributed by atoms with Crippen LogP contribution in [-0.2, 0) is 21.7 Å². The summed E-state index contributed by atoms with van der Waals surface area (Å²) in [5.41, 5.74) is 4.28. The van der Waals surface area contributed by atoms with Crippen LogP contribution >= 0.6 is 0 Å². The summed E-state index contributed by atoms with van der Waals surface area (Å²) in [6, 6.07) is 9.62. The number of rotatable bonds is 2. The van der Waals surface area contributed by atoms with Gasteiger partial charge in [0.15, 0.2) is 5.78 Å². The van der Waals surface area contributed by atoms with Gasteiger partial charge in [-0.1, -0.05) is 24.3 Å². The van der Waals surface area contributed by atoms with Crippen LogP contribution in [-0.4, -0.2) is 18.9 Å². The van der Waals surface area contributed by atoms with Crippen molar-refractivity contribution in [2.45, 2.75) is 39.4 Å². The first kappa shape index (κ1) is 19.8. The molecule has 0 radical (unpaired) electrons. The van der Waals surface area contributed by atoms with E-state index in [1.807, 2.05) is 18.2 Å². The van der Waals surface area contributed by atoms with E-state index in [1.54, 1.807) is 40.0 Å². The number of benzene rings is 2. The van der Waals surface area contributed by atoms with Gasteiger partial charge in [0, 0.05) is 12.7 Å². The average molecular weight is 416 g/mol. The molecule has 2 aliphatic carbocycles. The third-order valence-corrected chi connectivity index (χ3v) is 6.03. The summed E-state index contributed by atoms with van der Waals surface area (Å²) < 4.78 is 18.1. The topological polar surface area (TPSA) is 61.8 Å². The van der Waals surface area contributed by atoms with Crippen LogP contribution < -0.4 is 9.47 Å². The van der Waals surface area contributed by atoms with E-state index in [9.17, 15) is 9.59 Å². The molecule has 5 rings (SSSR count). The molecule has 3 aliphatic rings. The van der Waals surface area contributed by atoms with E-state index in [2.05, 4.69) is 12.1 Å². The lowest BCUT2D eigenvalue weighted by Crippen LogP contribution is -2.38. The fourth-order valence-electron chi connectivity index (χ4n) is 4.46. The van der Waals surface area contributed by atoms with Crippen LogP contribution in [0.15, 0.2) is 48.6 Å². The van der Waals surface area contributed by atoms with Crippen molar-refractivity contribution in [2.24, 2.45) is 5.41 Å². The monoisotopic (exact) mass is 416 g/mol. The summed E-state index contributed by atoms with van der Waals surface area (Å²) in [5.74, 6) is -1.02. The van der Waals surface area contributed by atoms with Gasteiger partial charge in [0.1, 0.15) is 11.5 Å². The van der Waals surface area contributed by atoms with Gasteiger partial charge in [-0.05, 0) is 74.6 Å². The van der Waals surface area contributed by atoms with E-state index in [0.29, 0.717) is 16.9 Å². The number of esters is 1. The van der Waals surface area contributed by atoms with Crippen molar-refractivity contribution in [3.63, 3.8) is 0 Å². The molecule has 1 aliphatic heterocycles. The Hall–Kier alpha value is -3.18. The lowest BCUT2D eigenvalue weighted by molar-refractivity contribution is -0.143. The largest absolute Gasteiger partial charge is 0.454 e. The molecule has 0 amide bonds. The number of fused-ring (bicyclic) bond motifs is 1. The van der Waals surface area contributed by atoms with Crippen molar-refractivity contribution in [1.29, 1.82) is 0 Å². The summed E-state index contributed by atoms with van der Waals surface area (Å²) in [6.45, 7) is 5.33. The summed E-state index contributed by atoms with van der Waals surface area (Å²) in [6.07, 6.45) is 7.08. The number of carbonyl (C=O) groups excluding carboxylic acids is 2. The van der Waals surface area contributed by atoms with Crippen molar-refractivity contribution in [1.82, 2.24) is 0 Å². The molecule has 1 heterocycles. The Kier molecular flexibility index (Phi) is 4.25. The van der Waals surface area contributed by atoms with Crippen LogP contribution in [0.25, 0.3) is 5.57 Å². The van der Waals surface area contributed by atoms with Gasteiger partial charge in [-0.3, -0.25) is 9.59 Å². The van der Waals surface area contributed by atoms with Crippen molar-refractivity contribution < 1.29 is 23.8 Å². The fraction of sp³-hybridized carbons (Fsp3) is 0.308. The highest BCUT2D eigenvalue weighted by Crippen LogP contribution is 2.51. The molecule has 0 unspecified atom stereocenters. The SMILES string of the molecule is CO[C@]12C=CC(=O)c3c(OC(=O)C(C)(C)C)ccc(c31)C1=CCCc3cccc(c31)O2. The zero-order valence-corrected chi connectivity index (χ0v) is 18.1. The standard InChI is InChI=1S/C26H24O5/c1-25(2,3)24(28)30-19-12-11-17-16-9-5-7-15-8-6-10-20(21(15)16)31-26(29-4)14-13-18(27)22(19)23(17)26/h6,8-14H,5,7H2,1-4H3/t26-/m0/s1. The van der Waals surface area contributed by atoms with Crippen molar-refractivity contribution >= 4 is 17.3 Å². The number of aryl methyl sites for hydroxylation is 1. The Bertz CT molecular complexity index is 1200.